The lowest BCUT2D eigenvalue weighted by Crippen LogP contribution is -2.47. The third-order valence-electron chi connectivity index (χ3n) is 1.92. The standard InChI is InChI=1S/C8H16N3O2/c12-4-3-11-8(13)5-7-6-9-1-2-10-7/h7,10,12H,1-6H2,(H,11,13)/t7-/m0/s1. The molecule has 0 aromatic heterocycles. The molecule has 0 aliphatic carbocycles. The number of carbonyl (C=O) groups excluding carboxylic acids is 1. The van der Waals surface area contributed by atoms with Gasteiger partial charge in [-0.15, -0.1) is 0 Å². The van der Waals surface area contributed by atoms with Gasteiger partial charge >= 0.3 is 0 Å². The third-order valence-corrected chi connectivity index (χ3v) is 1.92. The lowest BCUT2D eigenvalue weighted by Gasteiger charge is -2.22. The van der Waals surface area contributed by atoms with Gasteiger partial charge in [-0.05, 0) is 0 Å². The number of aliphatic hydroxyl groups excluding tert-OH is 1. The fourth-order valence-corrected chi connectivity index (χ4v) is 1.29. The summed E-state index contributed by atoms with van der Waals surface area (Å²) in [6.07, 6.45) is 0.448. The van der Waals surface area contributed by atoms with Crippen molar-refractivity contribution in [3.05, 3.63) is 0 Å². The number of carbonyl (C=O) groups is 1. The molecule has 1 saturated heterocycles. The molecular weight excluding hydrogens is 170 g/mol. The Morgan fingerprint density at radius 1 is 1.69 bits per heavy atom. The molecule has 1 atom stereocenters. The van der Waals surface area contributed by atoms with Crippen molar-refractivity contribution < 1.29 is 9.90 Å². The molecule has 13 heavy (non-hydrogen) atoms. The van der Waals surface area contributed by atoms with Crippen LogP contribution in [0.4, 0.5) is 0 Å². The molecule has 5 heteroatoms. The van der Waals surface area contributed by atoms with Crippen LogP contribution in [0.2, 0.25) is 0 Å². The molecule has 1 heterocycles. The van der Waals surface area contributed by atoms with Gasteiger partial charge in [0.2, 0.25) is 5.91 Å². The van der Waals surface area contributed by atoms with Crippen molar-refractivity contribution in [3.8, 4) is 0 Å². The molecule has 75 valence electrons. The van der Waals surface area contributed by atoms with Gasteiger partial charge in [0.25, 0.3) is 0 Å². The average Bonchev–Trinajstić information content (AvgIpc) is 2.16. The van der Waals surface area contributed by atoms with Gasteiger partial charge in [0.15, 0.2) is 0 Å². The van der Waals surface area contributed by atoms with Crippen LogP contribution in [0.15, 0.2) is 0 Å². The second-order valence-corrected chi connectivity index (χ2v) is 3.06. The molecule has 0 aromatic rings. The van der Waals surface area contributed by atoms with Crippen LogP contribution >= 0.6 is 0 Å². The Morgan fingerprint density at radius 3 is 3.15 bits per heavy atom. The van der Waals surface area contributed by atoms with Crippen LogP contribution in [0.25, 0.3) is 0 Å². The largest absolute Gasteiger partial charge is 0.395 e. The first-order chi connectivity index (χ1) is 6.33. The molecular formula is C8H16N3O2. The van der Waals surface area contributed by atoms with E-state index in [1.165, 1.54) is 0 Å². The number of aliphatic hydroxyl groups is 1. The van der Waals surface area contributed by atoms with Gasteiger partial charge < -0.3 is 15.7 Å². The molecule has 1 amide bonds. The van der Waals surface area contributed by atoms with Crippen molar-refractivity contribution in [2.45, 2.75) is 12.5 Å². The highest BCUT2D eigenvalue weighted by Crippen LogP contribution is 1.94. The zero-order valence-corrected chi connectivity index (χ0v) is 7.62. The molecule has 5 nitrogen and oxygen atoms in total. The van der Waals surface area contributed by atoms with Gasteiger partial charge in [0, 0.05) is 38.6 Å². The van der Waals surface area contributed by atoms with E-state index in [0.29, 0.717) is 19.5 Å². The third kappa shape index (κ3) is 4.21. The molecule has 0 unspecified atom stereocenters. The number of hydrogen-bond acceptors (Lipinski definition) is 3. The molecule has 1 fully saturated rings. The monoisotopic (exact) mass is 186 g/mol. The fourth-order valence-electron chi connectivity index (χ4n) is 1.29. The Balaban J connectivity index is 2.11. The number of nitrogens with one attached hydrogen (secondary N) is 2. The lowest BCUT2D eigenvalue weighted by atomic mass is 10.1. The van der Waals surface area contributed by atoms with Crippen LogP contribution in [0.3, 0.4) is 0 Å². The Bertz CT molecular complexity index is 157. The summed E-state index contributed by atoms with van der Waals surface area (Å²) in [4.78, 5) is 11.2. The first kappa shape index (κ1) is 10.4. The van der Waals surface area contributed by atoms with E-state index in [9.17, 15) is 4.79 Å². The molecule has 3 N–H and O–H groups in total. The minimum absolute atomic E-state index is 0.00574. The van der Waals surface area contributed by atoms with E-state index >= 15 is 0 Å². The maximum atomic E-state index is 11.2. The van der Waals surface area contributed by atoms with Gasteiger partial charge in [-0.25, -0.2) is 5.32 Å². The molecule has 1 aliphatic rings. The number of amides is 1. The maximum absolute atomic E-state index is 11.2. The van der Waals surface area contributed by atoms with Crippen molar-refractivity contribution in [1.29, 1.82) is 0 Å². The summed E-state index contributed by atoms with van der Waals surface area (Å²) in [6, 6.07) is 0.174. The summed E-state index contributed by atoms with van der Waals surface area (Å²) in [5, 5.41) is 18.5. The average molecular weight is 186 g/mol. The van der Waals surface area contributed by atoms with Crippen LogP contribution in [0.5, 0.6) is 0 Å². The second-order valence-electron chi connectivity index (χ2n) is 3.06. The summed E-state index contributed by atoms with van der Waals surface area (Å²) >= 11 is 0. The van der Waals surface area contributed by atoms with E-state index in [-0.39, 0.29) is 18.6 Å². The van der Waals surface area contributed by atoms with Gasteiger partial charge in [0.05, 0.1) is 6.61 Å². The van der Waals surface area contributed by atoms with E-state index in [1.807, 2.05) is 0 Å². The summed E-state index contributed by atoms with van der Waals surface area (Å²) in [7, 11) is 0. The lowest BCUT2D eigenvalue weighted by molar-refractivity contribution is -0.121. The van der Waals surface area contributed by atoms with Crippen molar-refractivity contribution in [2.75, 3.05) is 32.8 Å². The fraction of sp³-hybridized carbons (Fsp3) is 0.875. The van der Waals surface area contributed by atoms with E-state index in [0.717, 1.165) is 13.1 Å². The molecule has 1 aliphatic heterocycles. The summed E-state index contributed by atoms with van der Waals surface area (Å²) in [6.45, 7) is 2.75. The molecule has 1 rings (SSSR count). The zero-order valence-electron chi connectivity index (χ0n) is 7.62. The Kier molecular flexibility index (Phi) is 4.74. The van der Waals surface area contributed by atoms with Crippen LogP contribution in [-0.4, -0.2) is 49.8 Å². The topological polar surface area (TPSA) is 75.5 Å². The Hall–Kier alpha value is -0.650. The summed E-state index contributed by atoms with van der Waals surface area (Å²) in [5.74, 6) is -0.0244. The predicted octanol–water partition coefficient (Wildman–Crippen LogP) is -1.94. The zero-order chi connectivity index (χ0) is 9.52. The summed E-state index contributed by atoms with van der Waals surface area (Å²) in [5.41, 5.74) is 0. The van der Waals surface area contributed by atoms with Crippen LogP contribution in [0, 0.1) is 0 Å². The highest BCUT2D eigenvalue weighted by Gasteiger charge is 2.15. The van der Waals surface area contributed by atoms with Gasteiger partial charge in [-0.1, -0.05) is 0 Å². The Labute approximate surface area is 77.9 Å². The maximum Gasteiger partial charge on any atom is 0.221 e. The van der Waals surface area contributed by atoms with E-state index < -0.39 is 0 Å². The van der Waals surface area contributed by atoms with E-state index in [1.54, 1.807) is 0 Å². The Morgan fingerprint density at radius 2 is 2.54 bits per heavy atom. The molecule has 0 saturated carbocycles. The molecule has 1 radical (unpaired) electrons. The normalized spacial score (nSPS) is 22.7. The van der Waals surface area contributed by atoms with Gasteiger partial charge in [-0.2, -0.15) is 0 Å². The van der Waals surface area contributed by atoms with Crippen molar-refractivity contribution in [1.82, 2.24) is 16.0 Å². The van der Waals surface area contributed by atoms with Crippen LogP contribution in [0.1, 0.15) is 6.42 Å². The minimum atomic E-state index is -0.0244. The first-order valence-electron chi connectivity index (χ1n) is 4.57. The number of rotatable bonds is 4. The SMILES string of the molecule is O=C(C[C@H]1C[N]CCN1)NCCO. The number of piperazine rings is 1. The summed E-state index contributed by atoms with van der Waals surface area (Å²) < 4.78 is 0. The molecule has 0 aromatic carbocycles. The smallest absolute Gasteiger partial charge is 0.221 e. The number of nitrogens with zero attached hydrogens (tertiary/aromatic N) is 1. The van der Waals surface area contributed by atoms with Crippen molar-refractivity contribution in [3.63, 3.8) is 0 Å². The number of hydrogen-bond donors (Lipinski definition) is 3. The van der Waals surface area contributed by atoms with Crippen LogP contribution < -0.4 is 16.0 Å². The van der Waals surface area contributed by atoms with Gasteiger partial charge in [-0.3, -0.25) is 4.79 Å². The molecule has 0 spiro atoms. The highest BCUT2D eigenvalue weighted by molar-refractivity contribution is 5.76. The van der Waals surface area contributed by atoms with Crippen molar-refractivity contribution >= 4 is 5.91 Å². The van der Waals surface area contributed by atoms with E-state index in [2.05, 4.69) is 16.0 Å². The minimum Gasteiger partial charge on any atom is -0.395 e. The van der Waals surface area contributed by atoms with Crippen LogP contribution in [-0.2, 0) is 4.79 Å². The van der Waals surface area contributed by atoms with E-state index in [4.69, 9.17) is 5.11 Å². The van der Waals surface area contributed by atoms with Crippen molar-refractivity contribution in [2.24, 2.45) is 0 Å². The second kappa shape index (κ2) is 5.90. The molecule has 0 bridgehead atoms. The predicted molar refractivity (Wildman–Crippen MR) is 48.4 cm³/mol. The quantitative estimate of drug-likeness (QED) is 0.478. The van der Waals surface area contributed by atoms with Gasteiger partial charge in [0.1, 0.15) is 0 Å². The first-order valence-corrected chi connectivity index (χ1v) is 4.57. The highest BCUT2D eigenvalue weighted by atomic mass is 16.3.